The van der Waals surface area contributed by atoms with Gasteiger partial charge in [0.25, 0.3) is 0 Å². The average molecular weight is 256 g/mol. The first-order chi connectivity index (χ1) is 8.58. The number of carbonyl (C=O) groups is 2. The fourth-order valence-electron chi connectivity index (χ4n) is 2.09. The maximum Gasteiger partial charge on any atom is 0.235 e. The predicted octanol–water partition coefficient (Wildman–Crippen LogP) is 1.31. The van der Waals surface area contributed by atoms with Crippen molar-refractivity contribution < 1.29 is 15.1 Å². The van der Waals surface area contributed by atoms with Gasteiger partial charge >= 0.3 is 0 Å². The van der Waals surface area contributed by atoms with Crippen LogP contribution in [0, 0.1) is 13.8 Å². The van der Waals surface area contributed by atoms with E-state index in [1.165, 1.54) is 0 Å². The molecule has 0 unspecified atom stereocenters. The average Bonchev–Trinajstić information content (AvgIpc) is 2.36. The molecule has 0 radical (unpaired) electrons. The van der Waals surface area contributed by atoms with E-state index >= 15 is 0 Å². The van der Waals surface area contributed by atoms with Crippen LogP contribution in [0.5, 0.6) is 0 Å². The lowest BCUT2D eigenvalue weighted by Crippen LogP contribution is -2.23. The topological polar surface area (TPSA) is 91.4 Å². The van der Waals surface area contributed by atoms with Crippen molar-refractivity contribution in [3.8, 4) is 11.4 Å². The van der Waals surface area contributed by atoms with Gasteiger partial charge in [-0.25, -0.2) is 0 Å². The maximum absolute atomic E-state index is 12.0. The summed E-state index contributed by atoms with van der Waals surface area (Å²) in [5, 5.41) is 0. The zero-order chi connectivity index (χ0) is 12.9. The summed E-state index contributed by atoms with van der Waals surface area (Å²) < 4.78 is 0. The van der Waals surface area contributed by atoms with Crippen molar-refractivity contribution in [2.24, 2.45) is 0 Å². The summed E-state index contributed by atoms with van der Waals surface area (Å²) in [4.78, 5) is 32.6. The Bertz CT molecular complexity index is 646. The Morgan fingerprint density at radius 1 is 0.737 bits per heavy atom. The van der Waals surface area contributed by atoms with Gasteiger partial charge in [0.1, 0.15) is 11.4 Å². The molecule has 2 N–H and O–H groups in total. The van der Waals surface area contributed by atoms with E-state index in [0.29, 0.717) is 22.5 Å². The molecule has 0 saturated carbocycles. The normalized spacial score (nSPS) is 12.5. The minimum Gasteiger partial charge on any atom is -0.412 e. The Hall–Kier alpha value is -2.40. The van der Waals surface area contributed by atoms with Crippen LogP contribution in [0.25, 0.3) is 11.4 Å². The third-order valence-electron chi connectivity index (χ3n) is 2.99. The number of nitrogens with zero attached hydrogens (tertiary/aromatic N) is 2. The van der Waals surface area contributed by atoms with Crippen LogP contribution in [-0.4, -0.2) is 27.0 Å². The van der Waals surface area contributed by atoms with Crippen molar-refractivity contribution in [2.75, 3.05) is 0 Å². The van der Waals surface area contributed by atoms with Crippen LogP contribution in [-0.2, 0) is 0 Å². The van der Waals surface area contributed by atoms with Crippen molar-refractivity contribution in [3.05, 3.63) is 46.8 Å². The summed E-state index contributed by atoms with van der Waals surface area (Å²) in [5.74, 6) is -1.01. The standard InChI is InChI=1S/C14H10N2O2.H2O/c1-7-3-5-9-11(15-7)12-10(14(18)13(9)17)6-4-8(2)16-12;/h3-6H,1-2H3;1H2. The van der Waals surface area contributed by atoms with Crippen LogP contribution in [0.1, 0.15) is 32.1 Å². The number of carbonyl (C=O) groups excluding carboxylic acids is 2. The van der Waals surface area contributed by atoms with E-state index in [1.807, 2.05) is 13.8 Å². The number of fused-ring (bicyclic) bond motifs is 3. The number of ketones is 2. The van der Waals surface area contributed by atoms with Gasteiger partial charge in [-0.05, 0) is 38.1 Å². The van der Waals surface area contributed by atoms with Gasteiger partial charge < -0.3 is 5.48 Å². The van der Waals surface area contributed by atoms with E-state index < -0.39 is 11.6 Å². The lowest BCUT2D eigenvalue weighted by molar-refractivity contribution is 0.0814. The van der Waals surface area contributed by atoms with E-state index in [1.54, 1.807) is 24.3 Å². The zero-order valence-electron chi connectivity index (χ0n) is 10.5. The summed E-state index contributed by atoms with van der Waals surface area (Å²) in [6.07, 6.45) is 0. The van der Waals surface area contributed by atoms with Crippen LogP contribution in [0.4, 0.5) is 0 Å². The van der Waals surface area contributed by atoms with E-state index in [0.717, 1.165) is 11.4 Å². The second-order valence-electron chi connectivity index (χ2n) is 4.36. The van der Waals surface area contributed by atoms with Crippen molar-refractivity contribution in [3.63, 3.8) is 0 Å². The van der Waals surface area contributed by atoms with Crippen LogP contribution < -0.4 is 0 Å². The molecule has 5 nitrogen and oxygen atoms in total. The minimum atomic E-state index is -0.504. The van der Waals surface area contributed by atoms with Crippen molar-refractivity contribution >= 4 is 11.6 Å². The number of aryl methyl sites for hydroxylation is 2. The zero-order valence-corrected chi connectivity index (χ0v) is 10.5. The third-order valence-corrected chi connectivity index (χ3v) is 2.99. The number of pyridine rings is 2. The van der Waals surface area contributed by atoms with E-state index in [-0.39, 0.29) is 5.48 Å². The Labute approximate surface area is 109 Å². The molecule has 2 aromatic rings. The fraction of sp³-hybridized carbons (Fsp3) is 0.143. The highest BCUT2D eigenvalue weighted by molar-refractivity contribution is 6.52. The molecule has 2 heterocycles. The number of hydrogen-bond acceptors (Lipinski definition) is 4. The summed E-state index contributed by atoms with van der Waals surface area (Å²) in [7, 11) is 0. The van der Waals surface area contributed by atoms with Crippen LogP contribution in [0.15, 0.2) is 24.3 Å². The second kappa shape index (κ2) is 4.37. The molecular weight excluding hydrogens is 244 g/mol. The molecule has 1 aliphatic carbocycles. The summed E-state index contributed by atoms with van der Waals surface area (Å²) in [6.45, 7) is 3.69. The Kier molecular flexibility index (Phi) is 3.00. The monoisotopic (exact) mass is 256 g/mol. The first-order valence-corrected chi connectivity index (χ1v) is 5.62. The quantitative estimate of drug-likeness (QED) is 0.664. The van der Waals surface area contributed by atoms with Gasteiger partial charge in [0.15, 0.2) is 0 Å². The molecule has 3 rings (SSSR count). The summed E-state index contributed by atoms with van der Waals surface area (Å²) >= 11 is 0. The number of hydrogen-bond donors (Lipinski definition) is 0. The Balaban J connectivity index is 0.00000133. The van der Waals surface area contributed by atoms with Gasteiger partial charge in [0.2, 0.25) is 11.6 Å². The lowest BCUT2D eigenvalue weighted by Gasteiger charge is -2.16. The van der Waals surface area contributed by atoms with Gasteiger partial charge in [0, 0.05) is 11.4 Å². The first kappa shape index (κ1) is 13.0. The van der Waals surface area contributed by atoms with Crippen molar-refractivity contribution in [1.82, 2.24) is 9.97 Å². The van der Waals surface area contributed by atoms with Gasteiger partial charge in [-0.1, -0.05) is 0 Å². The first-order valence-electron chi connectivity index (χ1n) is 5.62. The number of Topliss-reactive ketones (excluding diaryl/α,β-unsaturated/α-hetero) is 2. The molecule has 5 heteroatoms. The molecule has 0 aromatic carbocycles. The fourth-order valence-corrected chi connectivity index (χ4v) is 2.09. The maximum atomic E-state index is 12.0. The molecule has 0 fully saturated rings. The van der Waals surface area contributed by atoms with Gasteiger partial charge in [-0.15, -0.1) is 0 Å². The Morgan fingerprint density at radius 3 is 1.47 bits per heavy atom. The minimum absolute atomic E-state index is 0. The second-order valence-corrected chi connectivity index (χ2v) is 4.36. The lowest BCUT2D eigenvalue weighted by atomic mass is 9.90. The SMILES string of the molecule is Cc1ccc2c(n1)-c1nc(C)ccc1C(=O)C2=O.O. The molecule has 19 heavy (non-hydrogen) atoms. The smallest absolute Gasteiger partial charge is 0.235 e. The largest absolute Gasteiger partial charge is 0.412 e. The molecule has 2 aromatic heterocycles. The van der Waals surface area contributed by atoms with E-state index in [2.05, 4.69) is 9.97 Å². The highest BCUT2D eigenvalue weighted by Crippen LogP contribution is 2.30. The highest BCUT2D eigenvalue weighted by Gasteiger charge is 2.32. The van der Waals surface area contributed by atoms with Crippen LogP contribution >= 0.6 is 0 Å². The van der Waals surface area contributed by atoms with E-state index in [4.69, 9.17) is 0 Å². The predicted molar refractivity (Wildman–Crippen MR) is 69.2 cm³/mol. The highest BCUT2D eigenvalue weighted by atomic mass is 16.2. The Morgan fingerprint density at radius 2 is 1.11 bits per heavy atom. The molecule has 0 saturated heterocycles. The molecule has 0 aliphatic heterocycles. The molecule has 0 amide bonds. The molecule has 0 spiro atoms. The van der Waals surface area contributed by atoms with Gasteiger partial charge in [-0.2, -0.15) is 0 Å². The van der Waals surface area contributed by atoms with Crippen molar-refractivity contribution in [1.29, 1.82) is 0 Å². The molecule has 96 valence electrons. The van der Waals surface area contributed by atoms with Crippen LogP contribution in [0.2, 0.25) is 0 Å². The number of rotatable bonds is 0. The van der Waals surface area contributed by atoms with Gasteiger partial charge in [0.05, 0.1) is 11.1 Å². The van der Waals surface area contributed by atoms with Crippen LogP contribution in [0.3, 0.4) is 0 Å². The number of aromatic nitrogens is 2. The molecule has 1 aliphatic rings. The van der Waals surface area contributed by atoms with Crippen molar-refractivity contribution in [2.45, 2.75) is 13.8 Å². The molecule has 0 bridgehead atoms. The molecular formula is C14H12N2O3. The van der Waals surface area contributed by atoms with Gasteiger partial charge in [-0.3, -0.25) is 19.6 Å². The third kappa shape index (κ3) is 1.84. The molecule has 0 atom stereocenters. The van der Waals surface area contributed by atoms with E-state index in [9.17, 15) is 9.59 Å². The summed E-state index contributed by atoms with van der Waals surface area (Å²) in [5.41, 5.74) is 3.30. The summed E-state index contributed by atoms with van der Waals surface area (Å²) in [6, 6.07) is 6.74.